The van der Waals surface area contributed by atoms with Crippen molar-refractivity contribution in [3.8, 4) is 0 Å². The van der Waals surface area contributed by atoms with Crippen molar-refractivity contribution >= 4 is 5.69 Å². The van der Waals surface area contributed by atoms with Gasteiger partial charge in [0.1, 0.15) is 11.6 Å². The van der Waals surface area contributed by atoms with Crippen molar-refractivity contribution in [3.63, 3.8) is 0 Å². The molecule has 84 valence electrons. The topological polar surface area (TPSA) is 6.48 Å². The molecule has 0 aliphatic carbocycles. The minimum Gasteiger partial charge on any atom is -0.355 e. The Morgan fingerprint density at radius 3 is 2.81 bits per heavy atom. The van der Waals surface area contributed by atoms with E-state index in [9.17, 15) is 8.78 Å². The fourth-order valence-electron chi connectivity index (χ4n) is 1.62. The zero-order chi connectivity index (χ0) is 11.5. The molecular weight excluding hydrogens is 210 g/mol. The van der Waals surface area contributed by atoms with E-state index in [1.165, 1.54) is 12.1 Å². The first-order chi connectivity index (χ1) is 7.70. The second-order valence-corrected chi connectivity index (χ2v) is 3.57. The van der Waals surface area contributed by atoms with Gasteiger partial charge in [-0.05, 0) is 12.1 Å². The van der Waals surface area contributed by atoms with Crippen LogP contribution >= 0.6 is 0 Å². The maximum absolute atomic E-state index is 13.5. The fourth-order valence-corrected chi connectivity index (χ4v) is 1.62. The van der Waals surface area contributed by atoms with Crippen LogP contribution in [0.3, 0.4) is 0 Å². The summed E-state index contributed by atoms with van der Waals surface area (Å²) in [6, 6.07) is 3.58. The molecule has 1 aromatic rings. The third-order valence-corrected chi connectivity index (χ3v) is 2.37. The van der Waals surface area contributed by atoms with Gasteiger partial charge in [0.25, 0.3) is 0 Å². The van der Waals surface area contributed by atoms with Crippen LogP contribution in [0.1, 0.15) is 0 Å². The molecule has 4 heteroatoms. The first kappa shape index (κ1) is 10.7. The van der Waals surface area contributed by atoms with E-state index in [0.29, 0.717) is 18.9 Å². The van der Waals surface area contributed by atoms with Crippen molar-refractivity contribution in [2.45, 2.75) is 0 Å². The van der Waals surface area contributed by atoms with E-state index in [2.05, 4.69) is 6.58 Å². The Morgan fingerprint density at radius 1 is 1.31 bits per heavy atom. The molecule has 0 saturated carbocycles. The van der Waals surface area contributed by atoms with Crippen molar-refractivity contribution in [3.05, 3.63) is 54.9 Å². The quantitative estimate of drug-likeness (QED) is 0.725. The Kier molecular flexibility index (Phi) is 2.90. The molecule has 16 heavy (non-hydrogen) atoms. The summed E-state index contributed by atoms with van der Waals surface area (Å²) >= 11 is 0. The monoisotopic (exact) mass is 222 g/mol. The molecule has 0 N–H and O–H groups in total. The van der Waals surface area contributed by atoms with E-state index in [1.807, 2.05) is 11.1 Å². The highest BCUT2D eigenvalue weighted by molar-refractivity contribution is 5.51. The average molecular weight is 222 g/mol. The van der Waals surface area contributed by atoms with E-state index in [4.69, 9.17) is 0 Å². The maximum atomic E-state index is 13.5. The van der Waals surface area contributed by atoms with Crippen LogP contribution in [-0.4, -0.2) is 18.1 Å². The van der Waals surface area contributed by atoms with Crippen LogP contribution in [0.25, 0.3) is 0 Å². The van der Waals surface area contributed by atoms with Crippen molar-refractivity contribution in [1.29, 1.82) is 0 Å². The van der Waals surface area contributed by atoms with Crippen LogP contribution in [0.4, 0.5) is 14.5 Å². The molecule has 0 aromatic heterocycles. The summed E-state index contributed by atoms with van der Waals surface area (Å²) in [7, 11) is 0. The molecule has 1 heterocycles. The molecule has 0 unspecified atom stereocenters. The van der Waals surface area contributed by atoms with Crippen LogP contribution in [0, 0.1) is 11.6 Å². The van der Waals surface area contributed by atoms with Gasteiger partial charge >= 0.3 is 0 Å². The van der Waals surface area contributed by atoms with E-state index < -0.39 is 11.6 Å². The molecule has 1 aliphatic rings. The van der Waals surface area contributed by atoms with Gasteiger partial charge in [0, 0.05) is 25.0 Å². The summed E-state index contributed by atoms with van der Waals surface area (Å²) < 4.78 is 26.2. The number of anilines is 1. The van der Waals surface area contributed by atoms with Crippen molar-refractivity contribution < 1.29 is 8.78 Å². The highest BCUT2D eigenvalue weighted by atomic mass is 19.1. The molecular formula is C12H12F2N2. The number of rotatable bonds is 3. The second-order valence-electron chi connectivity index (χ2n) is 3.57. The van der Waals surface area contributed by atoms with E-state index >= 15 is 0 Å². The van der Waals surface area contributed by atoms with Crippen LogP contribution in [0.5, 0.6) is 0 Å². The fraction of sp³-hybridized carbons (Fsp3) is 0.167. The number of hydrogen-bond donors (Lipinski definition) is 0. The lowest BCUT2D eigenvalue weighted by Crippen LogP contribution is -2.25. The molecule has 0 radical (unpaired) electrons. The molecule has 0 bridgehead atoms. The summed E-state index contributed by atoms with van der Waals surface area (Å²) in [4.78, 5) is 3.69. The second kappa shape index (κ2) is 4.35. The smallest absolute Gasteiger partial charge is 0.149 e. The first-order valence-electron chi connectivity index (χ1n) is 4.95. The standard InChI is InChI=1S/C12H12F2N2/c1-2-5-15-6-7-16(9-15)12-4-3-10(13)8-11(12)14/h2-4,6-8H,1,5,9H2. The average Bonchev–Trinajstić information content (AvgIpc) is 2.67. The summed E-state index contributed by atoms with van der Waals surface area (Å²) in [6.45, 7) is 4.89. The van der Waals surface area contributed by atoms with Gasteiger partial charge in [-0.15, -0.1) is 6.58 Å². The lowest BCUT2D eigenvalue weighted by molar-refractivity contribution is 0.448. The molecule has 0 atom stereocenters. The Bertz CT molecular complexity index is 429. The normalized spacial score (nSPS) is 14.6. The molecule has 1 aliphatic heterocycles. The lowest BCUT2D eigenvalue weighted by Gasteiger charge is -2.20. The Hall–Kier alpha value is -1.84. The Labute approximate surface area is 93.1 Å². The highest BCUT2D eigenvalue weighted by Gasteiger charge is 2.16. The third-order valence-electron chi connectivity index (χ3n) is 2.37. The number of benzene rings is 1. The van der Waals surface area contributed by atoms with Gasteiger partial charge in [0.05, 0.1) is 12.4 Å². The number of halogens is 2. The minimum absolute atomic E-state index is 0.379. The summed E-state index contributed by atoms with van der Waals surface area (Å²) in [5.41, 5.74) is 0.379. The largest absolute Gasteiger partial charge is 0.355 e. The summed E-state index contributed by atoms with van der Waals surface area (Å²) in [6.07, 6.45) is 5.39. The minimum atomic E-state index is -0.563. The molecule has 0 spiro atoms. The van der Waals surface area contributed by atoms with Crippen LogP contribution in [0.15, 0.2) is 43.3 Å². The third kappa shape index (κ3) is 2.05. The molecule has 0 saturated heterocycles. The van der Waals surface area contributed by atoms with Gasteiger partial charge in [0.15, 0.2) is 0 Å². The SMILES string of the molecule is C=CCN1C=CN(c2ccc(F)cc2F)C1. The molecule has 1 aromatic carbocycles. The van der Waals surface area contributed by atoms with Gasteiger partial charge in [-0.25, -0.2) is 8.78 Å². The van der Waals surface area contributed by atoms with E-state index in [1.54, 1.807) is 17.2 Å². The predicted octanol–water partition coefficient (Wildman–Crippen LogP) is 2.70. The maximum Gasteiger partial charge on any atom is 0.149 e. The zero-order valence-electron chi connectivity index (χ0n) is 8.74. The first-order valence-corrected chi connectivity index (χ1v) is 4.95. The highest BCUT2D eigenvalue weighted by Crippen LogP contribution is 2.23. The predicted molar refractivity (Wildman–Crippen MR) is 59.7 cm³/mol. The zero-order valence-corrected chi connectivity index (χ0v) is 8.74. The summed E-state index contributed by atoms with van der Waals surface area (Å²) in [5.74, 6) is -1.11. The van der Waals surface area contributed by atoms with Crippen LogP contribution in [-0.2, 0) is 0 Å². The molecule has 2 rings (SSSR count). The van der Waals surface area contributed by atoms with Gasteiger partial charge in [-0.1, -0.05) is 6.08 Å². The van der Waals surface area contributed by atoms with E-state index in [-0.39, 0.29) is 0 Å². The van der Waals surface area contributed by atoms with Gasteiger partial charge in [-0.2, -0.15) is 0 Å². The van der Waals surface area contributed by atoms with Crippen molar-refractivity contribution in [2.24, 2.45) is 0 Å². The van der Waals surface area contributed by atoms with E-state index in [0.717, 1.165) is 6.07 Å². The van der Waals surface area contributed by atoms with Gasteiger partial charge in [-0.3, -0.25) is 0 Å². The van der Waals surface area contributed by atoms with Crippen molar-refractivity contribution in [1.82, 2.24) is 4.90 Å². The Balaban J connectivity index is 2.15. The molecule has 0 amide bonds. The molecule has 0 fully saturated rings. The molecule has 2 nitrogen and oxygen atoms in total. The van der Waals surface area contributed by atoms with Crippen LogP contribution < -0.4 is 4.90 Å². The van der Waals surface area contributed by atoms with Crippen molar-refractivity contribution in [2.75, 3.05) is 18.1 Å². The lowest BCUT2D eigenvalue weighted by atomic mass is 10.3. The van der Waals surface area contributed by atoms with Crippen LogP contribution in [0.2, 0.25) is 0 Å². The number of hydrogen-bond acceptors (Lipinski definition) is 2. The van der Waals surface area contributed by atoms with Gasteiger partial charge in [0.2, 0.25) is 0 Å². The van der Waals surface area contributed by atoms with Gasteiger partial charge < -0.3 is 9.80 Å². The Morgan fingerprint density at radius 2 is 2.12 bits per heavy atom. The summed E-state index contributed by atoms with van der Waals surface area (Å²) in [5, 5.41) is 0. The number of nitrogens with zero attached hydrogens (tertiary/aromatic N) is 2.